The van der Waals surface area contributed by atoms with E-state index in [4.69, 9.17) is 11.6 Å². The van der Waals surface area contributed by atoms with Gasteiger partial charge in [-0.1, -0.05) is 58.9 Å². The van der Waals surface area contributed by atoms with E-state index in [1.807, 2.05) is 12.1 Å². The molecule has 2 rings (SSSR count). The quantitative estimate of drug-likeness (QED) is 0.670. The van der Waals surface area contributed by atoms with Crippen LogP contribution >= 0.6 is 27.5 Å². The van der Waals surface area contributed by atoms with E-state index >= 15 is 0 Å². The third-order valence-electron chi connectivity index (χ3n) is 4.17. The smallest absolute Gasteiger partial charge is 0.0406 e. The molecule has 0 radical (unpaired) electrons. The van der Waals surface area contributed by atoms with E-state index in [1.54, 1.807) is 0 Å². The van der Waals surface area contributed by atoms with Gasteiger partial charge in [0.25, 0.3) is 0 Å². The summed E-state index contributed by atoms with van der Waals surface area (Å²) in [7, 11) is 2.23. The molecule has 1 nitrogen and oxygen atoms in total. The molecule has 0 unspecified atom stereocenters. The van der Waals surface area contributed by atoms with Crippen LogP contribution in [0.5, 0.6) is 0 Å². The van der Waals surface area contributed by atoms with Gasteiger partial charge in [-0.2, -0.15) is 0 Å². The Kier molecular flexibility index (Phi) is 5.73. The first kappa shape index (κ1) is 15.3. The number of halogens is 2. The van der Waals surface area contributed by atoms with Crippen LogP contribution in [0, 0.1) is 5.41 Å². The summed E-state index contributed by atoms with van der Waals surface area (Å²) in [5.41, 5.74) is 1.83. The highest BCUT2D eigenvalue weighted by Gasteiger charge is 2.31. The molecule has 0 bridgehead atoms. The second-order valence-corrected chi connectivity index (χ2v) is 6.99. The highest BCUT2D eigenvalue weighted by molar-refractivity contribution is 9.09. The molecule has 106 valence electrons. The van der Waals surface area contributed by atoms with Crippen molar-refractivity contribution in [1.82, 2.24) is 4.90 Å². The van der Waals surface area contributed by atoms with Gasteiger partial charge >= 0.3 is 0 Å². The van der Waals surface area contributed by atoms with Gasteiger partial charge in [0.1, 0.15) is 0 Å². The molecule has 1 aliphatic carbocycles. The summed E-state index contributed by atoms with van der Waals surface area (Å²) >= 11 is 9.68. The molecule has 0 aromatic heterocycles. The minimum Gasteiger partial charge on any atom is -0.302 e. The summed E-state index contributed by atoms with van der Waals surface area (Å²) < 4.78 is 0. The molecule has 1 aliphatic rings. The van der Waals surface area contributed by atoms with Gasteiger partial charge in [-0.05, 0) is 43.0 Å². The van der Waals surface area contributed by atoms with Crippen molar-refractivity contribution in [3.8, 4) is 0 Å². The van der Waals surface area contributed by atoms with Crippen molar-refractivity contribution in [3.63, 3.8) is 0 Å². The van der Waals surface area contributed by atoms with E-state index in [0.717, 1.165) is 16.9 Å². The Morgan fingerprint density at radius 2 is 1.79 bits per heavy atom. The Morgan fingerprint density at radius 1 is 1.16 bits per heavy atom. The van der Waals surface area contributed by atoms with Crippen LogP contribution in [0.2, 0.25) is 5.02 Å². The Bertz CT molecular complexity index is 384. The molecule has 0 heterocycles. The molecule has 1 saturated carbocycles. The van der Waals surface area contributed by atoms with E-state index in [1.165, 1.54) is 44.2 Å². The van der Waals surface area contributed by atoms with Crippen molar-refractivity contribution in [2.24, 2.45) is 5.41 Å². The van der Waals surface area contributed by atoms with E-state index in [-0.39, 0.29) is 0 Å². The third kappa shape index (κ3) is 4.47. The fourth-order valence-corrected chi connectivity index (χ4v) is 4.03. The molecule has 0 saturated heterocycles. The molecule has 19 heavy (non-hydrogen) atoms. The predicted octanol–water partition coefficient (Wildman–Crippen LogP) is 5.12. The van der Waals surface area contributed by atoms with Crippen LogP contribution in [-0.2, 0) is 6.54 Å². The van der Waals surface area contributed by atoms with Crippen LogP contribution in [0.25, 0.3) is 0 Å². The lowest BCUT2D eigenvalue weighted by Crippen LogP contribution is -2.38. The van der Waals surface area contributed by atoms with Crippen LogP contribution in [0.4, 0.5) is 0 Å². The fraction of sp³-hybridized carbons (Fsp3) is 0.625. The summed E-state index contributed by atoms with van der Waals surface area (Å²) in [6, 6.07) is 8.21. The van der Waals surface area contributed by atoms with Gasteiger partial charge in [-0.15, -0.1) is 0 Å². The number of rotatable bonds is 5. The Hall–Kier alpha value is -0.0500. The van der Waals surface area contributed by atoms with Crippen LogP contribution < -0.4 is 0 Å². The monoisotopic (exact) mass is 343 g/mol. The largest absolute Gasteiger partial charge is 0.302 e. The summed E-state index contributed by atoms with van der Waals surface area (Å²) in [5, 5.41) is 1.95. The molecule has 0 N–H and O–H groups in total. The van der Waals surface area contributed by atoms with Crippen LogP contribution in [0.3, 0.4) is 0 Å². The normalized spacial score (nSPS) is 18.7. The second-order valence-electron chi connectivity index (χ2n) is 5.99. The van der Waals surface area contributed by atoms with Gasteiger partial charge in [0.05, 0.1) is 0 Å². The Morgan fingerprint density at radius 3 is 2.37 bits per heavy atom. The fourth-order valence-electron chi connectivity index (χ4n) is 3.17. The van der Waals surface area contributed by atoms with Crippen molar-refractivity contribution in [2.75, 3.05) is 18.9 Å². The molecule has 0 atom stereocenters. The number of alkyl halides is 1. The van der Waals surface area contributed by atoms with Gasteiger partial charge in [-0.25, -0.2) is 0 Å². The first-order valence-electron chi connectivity index (χ1n) is 7.13. The summed E-state index contributed by atoms with van der Waals surface area (Å²) in [6.07, 6.45) is 6.92. The maximum absolute atomic E-state index is 5.93. The summed E-state index contributed by atoms with van der Waals surface area (Å²) in [4.78, 5) is 2.45. The highest BCUT2D eigenvalue weighted by Crippen LogP contribution is 2.38. The average Bonchev–Trinajstić information content (AvgIpc) is 2.42. The Labute approximate surface area is 130 Å². The standard InChI is InChI=1S/C16H23BrClN/c1-19(11-14-5-7-15(18)8-6-14)13-16(12-17)9-3-2-4-10-16/h5-8H,2-4,9-13H2,1H3. The number of benzene rings is 1. The van der Waals surface area contributed by atoms with Crippen molar-refractivity contribution >= 4 is 27.5 Å². The zero-order valence-electron chi connectivity index (χ0n) is 11.7. The molecule has 0 aliphatic heterocycles. The van der Waals surface area contributed by atoms with Gasteiger partial charge < -0.3 is 4.90 Å². The zero-order chi connectivity index (χ0) is 13.7. The van der Waals surface area contributed by atoms with E-state index < -0.39 is 0 Å². The molecule has 1 aromatic rings. The number of hydrogen-bond acceptors (Lipinski definition) is 1. The molecule has 1 aromatic carbocycles. The molecule has 1 fully saturated rings. The Balaban J connectivity index is 1.92. The van der Waals surface area contributed by atoms with Gasteiger partial charge in [0.2, 0.25) is 0 Å². The van der Waals surface area contributed by atoms with E-state index in [2.05, 4.69) is 40.0 Å². The van der Waals surface area contributed by atoms with Crippen molar-refractivity contribution in [1.29, 1.82) is 0 Å². The van der Waals surface area contributed by atoms with Crippen molar-refractivity contribution < 1.29 is 0 Å². The first-order chi connectivity index (χ1) is 9.13. The maximum Gasteiger partial charge on any atom is 0.0406 e. The van der Waals surface area contributed by atoms with E-state index in [9.17, 15) is 0 Å². The van der Waals surface area contributed by atoms with Crippen molar-refractivity contribution in [2.45, 2.75) is 38.6 Å². The van der Waals surface area contributed by atoms with Gasteiger partial charge in [0.15, 0.2) is 0 Å². The molecule has 3 heteroatoms. The SMILES string of the molecule is CN(Cc1ccc(Cl)cc1)CC1(CBr)CCCCC1. The van der Waals surface area contributed by atoms with Gasteiger partial charge in [-0.3, -0.25) is 0 Å². The molecule has 0 amide bonds. The average molecular weight is 345 g/mol. The lowest BCUT2D eigenvalue weighted by Gasteiger charge is -2.39. The van der Waals surface area contributed by atoms with Crippen LogP contribution in [0.15, 0.2) is 24.3 Å². The lowest BCUT2D eigenvalue weighted by molar-refractivity contribution is 0.141. The minimum absolute atomic E-state index is 0.486. The second kappa shape index (κ2) is 7.10. The topological polar surface area (TPSA) is 3.24 Å². The summed E-state index contributed by atoms with van der Waals surface area (Å²) in [5.74, 6) is 0. The van der Waals surface area contributed by atoms with Crippen LogP contribution in [-0.4, -0.2) is 23.8 Å². The van der Waals surface area contributed by atoms with Crippen molar-refractivity contribution in [3.05, 3.63) is 34.9 Å². The first-order valence-corrected chi connectivity index (χ1v) is 8.62. The third-order valence-corrected chi connectivity index (χ3v) is 5.61. The molecular weight excluding hydrogens is 322 g/mol. The summed E-state index contributed by atoms with van der Waals surface area (Å²) in [6.45, 7) is 2.19. The van der Waals surface area contributed by atoms with E-state index in [0.29, 0.717) is 5.41 Å². The number of hydrogen-bond donors (Lipinski definition) is 0. The maximum atomic E-state index is 5.93. The lowest BCUT2D eigenvalue weighted by atomic mass is 9.75. The number of nitrogens with zero attached hydrogens (tertiary/aromatic N) is 1. The van der Waals surface area contributed by atoms with Gasteiger partial charge in [0, 0.05) is 23.4 Å². The predicted molar refractivity (Wildman–Crippen MR) is 87.1 cm³/mol. The van der Waals surface area contributed by atoms with Crippen LogP contribution in [0.1, 0.15) is 37.7 Å². The molecular formula is C16H23BrClN. The zero-order valence-corrected chi connectivity index (χ0v) is 14.0. The highest BCUT2D eigenvalue weighted by atomic mass is 79.9. The molecule has 0 spiro atoms. The minimum atomic E-state index is 0.486.